The number of hydrogen-bond donors (Lipinski definition) is 1. The molecule has 24 heavy (non-hydrogen) atoms. The minimum absolute atomic E-state index is 0.0396. The van der Waals surface area contributed by atoms with Crippen molar-refractivity contribution in [3.8, 4) is 0 Å². The van der Waals surface area contributed by atoms with Gasteiger partial charge in [0.1, 0.15) is 12.2 Å². The second-order valence-electron chi connectivity index (χ2n) is 5.84. The Morgan fingerprint density at radius 2 is 2.21 bits per heavy atom. The summed E-state index contributed by atoms with van der Waals surface area (Å²) in [6, 6.07) is 5.02. The first-order valence-electron chi connectivity index (χ1n) is 7.83. The molecule has 0 aromatic carbocycles. The van der Waals surface area contributed by atoms with Crippen molar-refractivity contribution >= 4 is 22.2 Å². The van der Waals surface area contributed by atoms with Crippen molar-refractivity contribution in [1.29, 1.82) is 0 Å². The molecule has 4 heterocycles. The lowest BCUT2D eigenvalue weighted by molar-refractivity contribution is -0.917. The predicted molar refractivity (Wildman–Crippen MR) is 88.4 cm³/mol. The van der Waals surface area contributed by atoms with Gasteiger partial charge < -0.3 is 14.2 Å². The number of carbonyl (C=O) groups excluding carboxylic acids is 1. The largest absolute Gasteiger partial charge is 0.459 e. The summed E-state index contributed by atoms with van der Waals surface area (Å²) in [5.41, 5.74) is 0.769. The van der Waals surface area contributed by atoms with E-state index in [-0.39, 0.29) is 11.5 Å². The number of hydrogen-bond acceptors (Lipinski definition) is 5. The van der Waals surface area contributed by atoms with Crippen LogP contribution >= 0.6 is 11.3 Å². The van der Waals surface area contributed by atoms with Gasteiger partial charge in [0.2, 0.25) is 0 Å². The lowest BCUT2D eigenvalue weighted by atomic mass is 10.2. The minimum Gasteiger partial charge on any atom is -0.459 e. The fourth-order valence-electron chi connectivity index (χ4n) is 2.99. The Morgan fingerprint density at radius 1 is 1.38 bits per heavy atom. The van der Waals surface area contributed by atoms with E-state index < -0.39 is 0 Å². The minimum atomic E-state index is -0.0598. The van der Waals surface area contributed by atoms with Crippen LogP contribution in [0.3, 0.4) is 0 Å². The summed E-state index contributed by atoms with van der Waals surface area (Å²) < 4.78 is 6.73. The van der Waals surface area contributed by atoms with Crippen molar-refractivity contribution < 1.29 is 14.1 Å². The molecule has 0 saturated carbocycles. The third kappa shape index (κ3) is 2.85. The molecule has 4 rings (SSSR count). The highest BCUT2D eigenvalue weighted by Crippen LogP contribution is 2.07. The van der Waals surface area contributed by atoms with Crippen molar-refractivity contribution in [2.75, 3.05) is 26.2 Å². The van der Waals surface area contributed by atoms with E-state index in [4.69, 9.17) is 4.42 Å². The Kier molecular flexibility index (Phi) is 3.91. The zero-order chi connectivity index (χ0) is 16.5. The number of rotatable bonds is 3. The number of carbonyl (C=O) groups is 1. The van der Waals surface area contributed by atoms with Gasteiger partial charge in [-0.25, -0.2) is 4.98 Å². The van der Waals surface area contributed by atoms with Crippen LogP contribution < -0.4 is 10.5 Å². The van der Waals surface area contributed by atoms with Crippen LogP contribution in [-0.4, -0.2) is 46.4 Å². The fourth-order valence-corrected chi connectivity index (χ4v) is 3.73. The quantitative estimate of drug-likeness (QED) is 0.719. The molecular weight excluding hydrogens is 328 g/mol. The van der Waals surface area contributed by atoms with Crippen molar-refractivity contribution in [2.45, 2.75) is 6.54 Å². The molecule has 1 fully saturated rings. The molecule has 124 valence electrons. The van der Waals surface area contributed by atoms with E-state index in [1.165, 1.54) is 22.5 Å². The van der Waals surface area contributed by atoms with Crippen molar-refractivity contribution in [1.82, 2.24) is 14.3 Å². The van der Waals surface area contributed by atoms with Crippen molar-refractivity contribution in [2.24, 2.45) is 0 Å². The molecule has 1 N–H and O–H groups in total. The van der Waals surface area contributed by atoms with Crippen molar-refractivity contribution in [3.63, 3.8) is 0 Å². The zero-order valence-electron chi connectivity index (χ0n) is 13.0. The third-order valence-electron chi connectivity index (χ3n) is 4.28. The van der Waals surface area contributed by atoms with E-state index in [0.717, 1.165) is 23.7 Å². The summed E-state index contributed by atoms with van der Waals surface area (Å²) in [6.45, 7) is 3.71. The number of furan rings is 1. The molecule has 7 nitrogen and oxygen atoms in total. The number of amides is 1. The maximum absolute atomic E-state index is 12.3. The lowest BCUT2D eigenvalue weighted by Gasteiger charge is -2.31. The van der Waals surface area contributed by atoms with E-state index in [2.05, 4.69) is 4.98 Å². The molecule has 3 aromatic rings. The molecule has 0 radical (unpaired) electrons. The Bertz CT molecular complexity index is 907. The summed E-state index contributed by atoms with van der Waals surface area (Å²) >= 11 is 1.46. The highest BCUT2D eigenvalue weighted by atomic mass is 32.1. The summed E-state index contributed by atoms with van der Waals surface area (Å²) in [6.07, 6.45) is 3.25. The van der Waals surface area contributed by atoms with E-state index in [1.807, 2.05) is 10.3 Å². The van der Waals surface area contributed by atoms with Crippen LogP contribution in [0.1, 0.15) is 16.2 Å². The van der Waals surface area contributed by atoms with E-state index in [1.54, 1.807) is 28.8 Å². The van der Waals surface area contributed by atoms with Crippen LogP contribution in [0, 0.1) is 0 Å². The molecule has 0 bridgehead atoms. The molecule has 0 unspecified atom stereocenters. The van der Waals surface area contributed by atoms with Crippen LogP contribution in [0.25, 0.3) is 4.96 Å². The maximum atomic E-state index is 12.3. The molecular formula is C16H17N4O3S+. The van der Waals surface area contributed by atoms with Gasteiger partial charge in [0, 0.05) is 17.6 Å². The predicted octanol–water partition coefficient (Wildman–Crippen LogP) is -0.110. The summed E-state index contributed by atoms with van der Waals surface area (Å²) in [4.78, 5) is 32.7. The Balaban J connectivity index is 1.40. The Morgan fingerprint density at radius 3 is 2.96 bits per heavy atom. The van der Waals surface area contributed by atoms with Gasteiger partial charge in [0.05, 0.1) is 32.4 Å². The molecule has 8 heteroatoms. The van der Waals surface area contributed by atoms with Gasteiger partial charge in [-0.3, -0.25) is 14.0 Å². The Labute approximate surface area is 141 Å². The number of nitrogens with zero attached hydrogens (tertiary/aromatic N) is 3. The average Bonchev–Trinajstić information content (AvgIpc) is 3.26. The van der Waals surface area contributed by atoms with Crippen LogP contribution in [-0.2, 0) is 6.54 Å². The van der Waals surface area contributed by atoms with Crippen LogP contribution in [0.4, 0.5) is 0 Å². The molecule has 1 aliphatic rings. The topological polar surface area (TPSA) is 72.3 Å². The maximum Gasteiger partial charge on any atom is 0.289 e. The molecule has 1 aliphatic heterocycles. The molecule has 0 atom stereocenters. The highest BCUT2D eigenvalue weighted by Gasteiger charge is 2.26. The standard InChI is InChI=1S/C16H16N4O3S/c21-14-10-12(17-16-20(14)7-9-24-16)11-18-3-5-19(6-4-18)15(22)13-2-1-8-23-13/h1-2,7-10H,3-6,11H2/p+1. The van der Waals surface area contributed by atoms with E-state index in [0.29, 0.717) is 25.4 Å². The van der Waals surface area contributed by atoms with Crippen LogP contribution in [0.15, 0.2) is 45.3 Å². The monoisotopic (exact) mass is 345 g/mol. The lowest BCUT2D eigenvalue weighted by Crippen LogP contribution is -3.13. The molecule has 0 aliphatic carbocycles. The summed E-state index contributed by atoms with van der Waals surface area (Å²) in [7, 11) is 0. The summed E-state index contributed by atoms with van der Waals surface area (Å²) in [5, 5.41) is 1.86. The Hall–Kier alpha value is -2.45. The highest BCUT2D eigenvalue weighted by molar-refractivity contribution is 7.15. The second-order valence-corrected chi connectivity index (χ2v) is 6.71. The number of quaternary nitrogens is 1. The van der Waals surface area contributed by atoms with Gasteiger partial charge >= 0.3 is 0 Å². The van der Waals surface area contributed by atoms with E-state index in [9.17, 15) is 9.59 Å². The van der Waals surface area contributed by atoms with Crippen molar-refractivity contribution in [3.05, 3.63) is 57.8 Å². The molecule has 3 aromatic heterocycles. The fraction of sp³-hybridized carbons (Fsp3) is 0.312. The number of nitrogens with one attached hydrogen (secondary N) is 1. The van der Waals surface area contributed by atoms with Gasteiger partial charge in [-0.15, -0.1) is 11.3 Å². The molecule has 1 amide bonds. The number of fused-ring (bicyclic) bond motifs is 1. The van der Waals surface area contributed by atoms with E-state index >= 15 is 0 Å². The van der Waals surface area contributed by atoms with Gasteiger partial charge in [-0.1, -0.05) is 0 Å². The first-order chi connectivity index (χ1) is 11.7. The van der Waals surface area contributed by atoms with Crippen LogP contribution in [0.5, 0.6) is 0 Å². The normalized spacial score (nSPS) is 15.9. The number of thiazole rings is 1. The first kappa shape index (κ1) is 15.1. The van der Waals surface area contributed by atoms with Crippen LogP contribution in [0.2, 0.25) is 0 Å². The summed E-state index contributed by atoms with van der Waals surface area (Å²) in [5.74, 6) is 0.326. The zero-order valence-corrected chi connectivity index (χ0v) is 13.8. The first-order valence-corrected chi connectivity index (χ1v) is 8.71. The van der Waals surface area contributed by atoms with Gasteiger partial charge in [0.25, 0.3) is 11.5 Å². The SMILES string of the molecule is O=C(c1ccco1)N1CC[NH+](Cc2cc(=O)n3ccsc3n2)CC1. The average molecular weight is 345 g/mol. The number of aromatic nitrogens is 2. The second kappa shape index (κ2) is 6.21. The smallest absolute Gasteiger partial charge is 0.289 e. The number of piperazine rings is 1. The molecule has 1 saturated heterocycles. The van der Waals surface area contributed by atoms with Gasteiger partial charge in [-0.05, 0) is 12.1 Å². The van der Waals surface area contributed by atoms with Gasteiger partial charge in [0.15, 0.2) is 10.7 Å². The molecule has 0 spiro atoms. The van der Waals surface area contributed by atoms with Gasteiger partial charge in [-0.2, -0.15) is 0 Å². The third-order valence-corrected chi connectivity index (χ3v) is 5.03.